The zero-order valence-electron chi connectivity index (χ0n) is 22.0. The molecule has 2 aromatic heterocycles. The number of rotatable bonds is 9. The molecule has 3 heterocycles. The monoisotopic (exact) mass is 543 g/mol. The van der Waals surface area contributed by atoms with Gasteiger partial charge in [0.25, 0.3) is 0 Å². The second-order valence-electron chi connectivity index (χ2n) is 9.65. The molecule has 11 heteroatoms. The van der Waals surface area contributed by atoms with Crippen molar-refractivity contribution >= 4 is 53.0 Å². The molecule has 1 saturated heterocycles. The summed E-state index contributed by atoms with van der Waals surface area (Å²) in [6.07, 6.45) is 3.72. The van der Waals surface area contributed by atoms with E-state index in [2.05, 4.69) is 44.5 Å². The van der Waals surface area contributed by atoms with E-state index in [0.717, 1.165) is 37.1 Å². The van der Waals surface area contributed by atoms with Crippen LogP contribution in [-0.2, 0) is 4.57 Å². The van der Waals surface area contributed by atoms with Gasteiger partial charge in [0.1, 0.15) is 23.7 Å². The maximum atomic E-state index is 12.8. The maximum absolute atomic E-state index is 12.8. The average molecular weight is 544 g/mol. The summed E-state index contributed by atoms with van der Waals surface area (Å²) in [5.74, 6) is 2.13. The first-order valence-corrected chi connectivity index (χ1v) is 15.4. The number of nitrogens with zero attached hydrogens (tertiary/aromatic N) is 5. The Morgan fingerprint density at radius 1 is 1.08 bits per heavy atom. The number of nitrogens with one attached hydrogen (secondary N) is 2. The van der Waals surface area contributed by atoms with E-state index in [4.69, 9.17) is 21.3 Å². The summed E-state index contributed by atoms with van der Waals surface area (Å²) in [7, 11) is 1.76. The third-order valence-corrected chi connectivity index (χ3v) is 8.20. The van der Waals surface area contributed by atoms with Gasteiger partial charge in [-0.2, -0.15) is 9.97 Å². The predicted molar refractivity (Wildman–Crippen MR) is 153 cm³/mol. The van der Waals surface area contributed by atoms with Crippen molar-refractivity contribution in [3.63, 3.8) is 0 Å². The lowest BCUT2D eigenvalue weighted by Gasteiger charge is -2.36. The van der Waals surface area contributed by atoms with Crippen molar-refractivity contribution in [1.82, 2.24) is 19.9 Å². The van der Waals surface area contributed by atoms with Gasteiger partial charge in [-0.05, 0) is 71.5 Å². The molecule has 2 N–H and O–H groups in total. The Morgan fingerprint density at radius 2 is 1.81 bits per heavy atom. The Balaban J connectivity index is 1.55. The van der Waals surface area contributed by atoms with Crippen LogP contribution in [0.3, 0.4) is 0 Å². The van der Waals surface area contributed by atoms with Gasteiger partial charge in [-0.15, -0.1) is 0 Å². The lowest BCUT2D eigenvalue weighted by molar-refractivity contribution is 0.249. The molecule has 0 aliphatic carbocycles. The number of piperidine rings is 1. The molecule has 0 atom stereocenters. The minimum atomic E-state index is -2.51. The van der Waals surface area contributed by atoms with Crippen LogP contribution < -0.4 is 25.6 Å². The van der Waals surface area contributed by atoms with Crippen molar-refractivity contribution in [3.8, 4) is 5.88 Å². The van der Waals surface area contributed by atoms with E-state index < -0.39 is 7.14 Å². The fourth-order valence-corrected chi connectivity index (χ4v) is 5.67. The molecule has 1 aromatic carbocycles. The highest BCUT2D eigenvalue weighted by atomic mass is 35.5. The van der Waals surface area contributed by atoms with Gasteiger partial charge in [-0.25, -0.2) is 4.98 Å². The zero-order valence-corrected chi connectivity index (χ0v) is 23.7. The van der Waals surface area contributed by atoms with Gasteiger partial charge >= 0.3 is 0 Å². The fourth-order valence-electron chi connectivity index (χ4n) is 4.37. The Kier molecular flexibility index (Phi) is 8.57. The summed E-state index contributed by atoms with van der Waals surface area (Å²) in [6.45, 7) is 7.78. The van der Waals surface area contributed by atoms with E-state index >= 15 is 0 Å². The first kappa shape index (κ1) is 27.2. The van der Waals surface area contributed by atoms with Crippen molar-refractivity contribution in [2.75, 3.05) is 62.7 Å². The van der Waals surface area contributed by atoms with Gasteiger partial charge < -0.3 is 29.7 Å². The SMILES string of the molecule is CCOc1nc(N2CCC(N(C)C)CC2)ccc1Nc1ncc(Cl)c(Nc2ccccc2P(C)(C)=O)n1. The van der Waals surface area contributed by atoms with Gasteiger partial charge in [0.05, 0.1) is 18.5 Å². The molecule has 0 amide bonds. The van der Waals surface area contributed by atoms with Crippen molar-refractivity contribution in [3.05, 3.63) is 47.6 Å². The summed E-state index contributed by atoms with van der Waals surface area (Å²) in [5.41, 5.74) is 1.36. The second kappa shape index (κ2) is 11.7. The van der Waals surface area contributed by atoms with Gasteiger partial charge in [-0.1, -0.05) is 23.7 Å². The third kappa shape index (κ3) is 6.72. The molecule has 198 valence electrons. The van der Waals surface area contributed by atoms with E-state index in [1.807, 2.05) is 43.3 Å². The van der Waals surface area contributed by atoms with Crippen LogP contribution in [0.5, 0.6) is 5.88 Å². The Hall–Kier alpha value is -2.87. The number of aromatic nitrogens is 3. The molecular formula is C26H35ClN7O2P. The molecule has 0 unspecified atom stereocenters. The number of ether oxygens (including phenoxy) is 1. The normalized spacial score (nSPS) is 14.6. The number of hydrogen-bond donors (Lipinski definition) is 2. The summed E-state index contributed by atoms with van der Waals surface area (Å²) in [6, 6.07) is 12.0. The molecule has 0 bridgehead atoms. The van der Waals surface area contributed by atoms with E-state index in [0.29, 0.717) is 46.7 Å². The number of anilines is 5. The Labute approximate surface area is 224 Å². The van der Waals surface area contributed by atoms with Gasteiger partial charge in [0.15, 0.2) is 5.82 Å². The van der Waals surface area contributed by atoms with Crippen molar-refractivity contribution < 1.29 is 9.30 Å². The first-order chi connectivity index (χ1) is 17.7. The molecule has 9 nitrogen and oxygen atoms in total. The fraction of sp³-hybridized carbons (Fsp3) is 0.423. The van der Waals surface area contributed by atoms with E-state index in [1.165, 1.54) is 6.20 Å². The van der Waals surface area contributed by atoms with Gasteiger partial charge in [0, 0.05) is 24.4 Å². The lowest BCUT2D eigenvalue weighted by Crippen LogP contribution is -2.42. The Bertz CT molecular complexity index is 1280. The van der Waals surface area contributed by atoms with E-state index in [-0.39, 0.29) is 0 Å². The molecule has 3 aromatic rings. The van der Waals surface area contributed by atoms with Crippen LogP contribution in [0.25, 0.3) is 0 Å². The molecule has 4 rings (SSSR count). The highest BCUT2D eigenvalue weighted by Crippen LogP contribution is 2.39. The second-order valence-corrected chi connectivity index (χ2v) is 13.2. The van der Waals surface area contributed by atoms with Crippen LogP contribution >= 0.6 is 18.7 Å². The molecule has 1 aliphatic rings. The van der Waals surface area contributed by atoms with Crippen LogP contribution in [0.15, 0.2) is 42.6 Å². The average Bonchev–Trinajstić information content (AvgIpc) is 2.87. The smallest absolute Gasteiger partial charge is 0.239 e. The van der Waals surface area contributed by atoms with Crippen LogP contribution in [0.2, 0.25) is 5.02 Å². The van der Waals surface area contributed by atoms with Crippen molar-refractivity contribution in [2.45, 2.75) is 25.8 Å². The molecule has 1 fully saturated rings. The summed E-state index contributed by atoms with van der Waals surface area (Å²) >= 11 is 6.40. The lowest BCUT2D eigenvalue weighted by atomic mass is 10.0. The van der Waals surface area contributed by atoms with Gasteiger partial charge in [-0.3, -0.25) is 0 Å². The topological polar surface area (TPSA) is 95.5 Å². The molecule has 1 aliphatic heterocycles. The number of benzene rings is 1. The number of halogens is 1. The van der Waals surface area contributed by atoms with E-state index in [9.17, 15) is 4.57 Å². The van der Waals surface area contributed by atoms with Crippen molar-refractivity contribution in [2.24, 2.45) is 0 Å². The van der Waals surface area contributed by atoms with Crippen LogP contribution in [0.1, 0.15) is 19.8 Å². The molecule has 37 heavy (non-hydrogen) atoms. The quantitative estimate of drug-likeness (QED) is 0.353. The van der Waals surface area contributed by atoms with Crippen molar-refractivity contribution in [1.29, 1.82) is 0 Å². The summed E-state index contributed by atoms with van der Waals surface area (Å²) in [4.78, 5) is 18.3. The zero-order chi connectivity index (χ0) is 26.6. The standard InChI is InChI=1S/C26H35ClN7O2P/c1-6-36-25-21(11-12-23(31-25)34-15-13-18(14-16-34)33(2)3)30-26-28-17-19(27)24(32-26)29-20-9-7-8-10-22(20)37(4,5)35/h7-12,17-18H,6,13-16H2,1-5H3,(H2,28,29,30,32). The highest BCUT2D eigenvalue weighted by Gasteiger charge is 2.23. The predicted octanol–water partition coefficient (Wildman–Crippen LogP) is 5.19. The highest BCUT2D eigenvalue weighted by molar-refractivity contribution is 7.70. The van der Waals surface area contributed by atoms with E-state index in [1.54, 1.807) is 13.3 Å². The number of para-hydroxylation sites is 1. The van der Waals surface area contributed by atoms with Crippen LogP contribution in [0.4, 0.5) is 29.0 Å². The number of pyridine rings is 1. The maximum Gasteiger partial charge on any atom is 0.239 e. The molecular weight excluding hydrogens is 509 g/mol. The summed E-state index contributed by atoms with van der Waals surface area (Å²) in [5, 5.41) is 7.52. The Morgan fingerprint density at radius 3 is 2.49 bits per heavy atom. The minimum absolute atomic E-state index is 0.336. The summed E-state index contributed by atoms with van der Waals surface area (Å²) < 4.78 is 18.6. The number of hydrogen-bond acceptors (Lipinski definition) is 9. The largest absolute Gasteiger partial charge is 0.476 e. The molecule has 0 radical (unpaired) electrons. The van der Waals surface area contributed by atoms with Crippen LogP contribution in [-0.4, -0.2) is 73.0 Å². The first-order valence-electron chi connectivity index (χ1n) is 12.4. The third-order valence-electron chi connectivity index (χ3n) is 6.37. The molecule has 0 spiro atoms. The molecule has 0 saturated carbocycles. The minimum Gasteiger partial charge on any atom is -0.476 e. The van der Waals surface area contributed by atoms with Crippen LogP contribution in [0, 0.1) is 0 Å². The van der Waals surface area contributed by atoms with Gasteiger partial charge in [0.2, 0.25) is 11.8 Å².